The van der Waals surface area contributed by atoms with Gasteiger partial charge in [-0.1, -0.05) is 12.1 Å². The van der Waals surface area contributed by atoms with Crippen molar-refractivity contribution in [2.75, 3.05) is 20.2 Å². The van der Waals surface area contributed by atoms with Crippen LogP contribution in [0.2, 0.25) is 0 Å². The van der Waals surface area contributed by atoms with E-state index in [9.17, 15) is 4.79 Å². The molecule has 5 heteroatoms. The first kappa shape index (κ1) is 17.6. The zero-order valence-electron chi connectivity index (χ0n) is 15.9. The molecule has 1 unspecified atom stereocenters. The van der Waals surface area contributed by atoms with E-state index in [1.54, 1.807) is 6.07 Å². The Morgan fingerprint density at radius 1 is 1.07 bits per heavy atom. The average molecular weight is 366 g/mol. The van der Waals surface area contributed by atoms with E-state index < -0.39 is 0 Å². The molecule has 4 rings (SSSR count). The first-order valence-corrected chi connectivity index (χ1v) is 9.23. The Bertz CT molecular complexity index is 1040. The molecule has 27 heavy (non-hydrogen) atoms. The van der Waals surface area contributed by atoms with E-state index >= 15 is 0 Å². The van der Waals surface area contributed by atoms with Crippen LogP contribution in [-0.2, 0) is 6.54 Å². The fourth-order valence-corrected chi connectivity index (χ4v) is 3.58. The van der Waals surface area contributed by atoms with Crippen molar-refractivity contribution >= 4 is 11.0 Å². The Balaban J connectivity index is 1.52. The fraction of sp³-hybridized carbons (Fsp3) is 0.318. The van der Waals surface area contributed by atoms with Gasteiger partial charge in [0.25, 0.3) is 0 Å². The molecule has 0 spiro atoms. The molecule has 140 valence electrons. The molecule has 1 aromatic heterocycles. The molecule has 0 amide bonds. The summed E-state index contributed by atoms with van der Waals surface area (Å²) >= 11 is 0. The maximum Gasteiger partial charge on any atom is 0.336 e. The van der Waals surface area contributed by atoms with Gasteiger partial charge in [-0.05, 0) is 49.2 Å². The summed E-state index contributed by atoms with van der Waals surface area (Å²) in [6, 6.07) is 13.4. The average Bonchev–Trinajstić information content (AvgIpc) is 2.63. The van der Waals surface area contributed by atoms with Gasteiger partial charge in [0.2, 0.25) is 0 Å². The van der Waals surface area contributed by atoms with Gasteiger partial charge in [-0.2, -0.15) is 0 Å². The number of aryl methyl sites for hydroxylation is 2. The van der Waals surface area contributed by atoms with E-state index in [2.05, 4.69) is 20.0 Å². The summed E-state index contributed by atoms with van der Waals surface area (Å²) in [5, 5.41) is 1.00. The number of benzene rings is 2. The third-order valence-corrected chi connectivity index (χ3v) is 5.08. The topological polar surface area (TPSA) is 53.1 Å². The van der Waals surface area contributed by atoms with Crippen molar-refractivity contribution < 1.29 is 18.8 Å². The Labute approximate surface area is 158 Å². The van der Waals surface area contributed by atoms with Crippen LogP contribution in [0.4, 0.5) is 0 Å². The largest absolute Gasteiger partial charge is 0.486 e. The lowest BCUT2D eigenvalue weighted by Gasteiger charge is -2.28. The van der Waals surface area contributed by atoms with E-state index in [1.807, 2.05) is 37.3 Å². The number of para-hydroxylation sites is 2. The summed E-state index contributed by atoms with van der Waals surface area (Å²) in [7, 11) is 2.10. The van der Waals surface area contributed by atoms with Crippen molar-refractivity contribution in [1.82, 2.24) is 0 Å². The summed E-state index contributed by atoms with van der Waals surface area (Å²) in [5.41, 5.74) is 3.66. The smallest absolute Gasteiger partial charge is 0.336 e. The predicted molar refractivity (Wildman–Crippen MR) is 104 cm³/mol. The summed E-state index contributed by atoms with van der Waals surface area (Å²) < 4.78 is 17.3. The number of fused-ring (bicyclic) bond motifs is 2. The van der Waals surface area contributed by atoms with Gasteiger partial charge in [0.05, 0.1) is 7.05 Å². The zero-order chi connectivity index (χ0) is 19.0. The van der Waals surface area contributed by atoms with Crippen molar-refractivity contribution in [3.05, 3.63) is 69.6 Å². The van der Waals surface area contributed by atoms with Gasteiger partial charge in [-0.15, -0.1) is 0 Å². The van der Waals surface area contributed by atoms with E-state index in [0.29, 0.717) is 18.7 Å². The SMILES string of the molecule is Cc1cc2oc(=O)cc(C[NH+](C)C[C@@H]3COc4ccccc4O3)c2cc1C. The molecule has 0 radical (unpaired) electrons. The lowest BCUT2D eigenvalue weighted by atomic mass is 10.0. The highest BCUT2D eigenvalue weighted by molar-refractivity contribution is 5.81. The van der Waals surface area contributed by atoms with Crippen LogP contribution < -0.4 is 20.0 Å². The standard InChI is InChI=1S/C22H23NO4/c1-14-8-18-16(10-22(24)27-21(18)9-15(14)2)11-23(3)12-17-13-25-19-6-4-5-7-20(19)26-17/h4-10,17H,11-13H2,1-3H3/p+1/t17-/m1/s1. The highest BCUT2D eigenvalue weighted by Gasteiger charge is 2.24. The van der Waals surface area contributed by atoms with Crippen LogP contribution in [0.25, 0.3) is 11.0 Å². The molecular weight excluding hydrogens is 342 g/mol. The summed E-state index contributed by atoms with van der Waals surface area (Å²) in [6.07, 6.45) is -0.0183. The Kier molecular flexibility index (Phi) is 4.62. The molecule has 0 saturated heterocycles. The Morgan fingerprint density at radius 2 is 1.81 bits per heavy atom. The van der Waals surface area contributed by atoms with Crippen LogP contribution in [0.1, 0.15) is 16.7 Å². The minimum Gasteiger partial charge on any atom is -0.486 e. The van der Waals surface area contributed by atoms with Crippen LogP contribution >= 0.6 is 0 Å². The lowest BCUT2D eigenvalue weighted by molar-refractivity contribution is -0.896. The molecule has 2 atom stereocenters. The molecule has 5 nitrogen and oxygen atoms in total. The maximum absolute atomic E-state index is 12.0. The van der Waals surface area contributed by atoms with Gasteiger partial charge in [0.1, 0.15) is 25.3 Å². The summed E-state index contributed by atoms with van der Waals surface area (Å²) in [5.74, 6) is 1.59. The first-order valence-electron chi connectivity index (χ1n) is 9.23. The predicted octanol–water partition coefficient (Wildman–Crippen LogP) is 2.26. The zero-order valence-corrected chi connectivity index (χ0v) is 15.9. The molecule has 1 N–H and O–H groups in total. The highest BCUT2D eigenvalue weighted by atomic mass is 16.6. The van der Waals surface area contributed by atoms with Gasteiger partial charge >= 0.3 is 5.63 Å². The van der Waals surface area contributed by atoms with Crippen LogP contribution in [0.15, 0.2) is 51.7 Å². The van der Waals surface area contributed by atoms with Crippen molar-refractivity contribution in [3.8, 4) is 11.5 Å². The Morgan fingerprint density at radius 3 is 2.63 bits per heavy atom. The van der Waals surface area contributed by atoms with Crippen molar-refractivity contribution in [1.29, 1.82) is 0 Å². The van der Waals surface area contributed by atoms with E-state index in [4.69, 9.17) is 13.9 Å². The second-order valence-corrected chi connectivity index (χ2v) is 7.36. The Hall–Kier alpha value is -2.79. The number of hydrogen-bond donors (Lipinski definition) is 1. The van der Waals surface area contributed by atoms with Crippen molar-refractivity contribution in [2.24, 2.45) is 0 Å². The van der Waals surface area contributed by atoms with E-state index in [0.717, 1.165) is 34.6 Å². The quantitative estimate of drug-likeness (QED) is 0.720. The van der Waals surface area contributed by atoms with Crippen molar-refractivity contribution in [3.63, 3.8) is 0 Å². The molecule has 0 aliphatic carbocycles. The summed E-state index contributed by atoms with van der Waals surface area (Å²) in [6.45, 7) is 6.12. The molecular formula is C22H24NO4+. The van der Waals surface area contributed by atoms with Gasteiger partial charge < -0.3 is 18.8 Å². The minimum absolute atomic E-state index is 0.0183. The number of quaternary nitrogens is 1. The first-order chi connectivity index (χ1) is 13.0. The van der Waals surface area contributed by atoms with Gasteiger partial charge in [-0.25, -0.2) is 4.79 Å². The number of hydrogen-bond acceptors (Lipinski definition) is 4. The third kappa shape index (κ3) is 3.69. The second-order valence-electron chi connectivity index (χ2n) is 7.36. The number of rotatable bonds is 4. The minimum atomic E-state index is -0.306. The lowest BCUT2D eigenvalue weighted by Crippen LogP contribution is -3.09. The molecule has 1 aliphatic rings. The van der Waals surface area contributed by atoms with Crippen molar-refractivity contribution in [2.45, 2.75) is 26.5 Å². The maximum atomic E-state index is 12.0. The van der Waals surface area contributed by atoms with Crippen LogP contribution in [0.5, 0.6) is 11.5 Å². The van der Waals surface area contributed by atoms with E-state index in [1.165, 1.54) is 10.5 Å². The van der Waals surface area contributed by atoms with Gasteiger partial charge in [0.15, 0.2) is 17.6 Å². The molecule has 0 fully saturated rings. The second kappa shape index (κ2) is 7.08. The van der Waals surface area contributed by atoms with Gasteiger partial charge in [-0.3, -0.25) is 0 Å². The normalized spacial score (nSPS) is 17.1. The molecule has 0 saturated carbocycles. The van der Waals surface area contributed by atoms with Gasteiger partial charge in [0, 0.05) is 17.0 Å². The molecule has 1 aliphatic heterocycles. The summed E-state index contributed by atoms with van der Waals surface area (Å²) in [4.78, 5) is 13.2. The highest BCUT2D eigenvalue weighted by Crippen LogP contribution is 2.30. The van der Waals surface area contributed by atoms with Crippen LogP contribution in [0.3, 0.4) is 0 Å². The molecule has 3 aromatic rings. The molecule has 0 bridgehead atoms. The number of nitrogens with one attached hydrogen (secondary N) is 1. The number of likely N-dealkylation sites (N-methyl/N-ethyl adjacent to an activating group) is 1. The van der Waals surface area contributed by atoms with Crippen LogP contribution in [0, 0.1) is 13.8 Å². The fourth-order valence-electron chi connectivity index (χ4n) is 3.58. The van der Waals surface area contributed by atoms with E-state index in [-0.39, 0.29) is 11.7 Å². The number of ether oxygens (including phenoxy) is 2. The molecule has 2 aromatic carbocycles. The monoisotopic (exact) mass is 366 g/mol. The van der Waals surface area contributed by atoms with Crippen LogP contribution in [-0.4, -0.2) is 26.3 Å². The molecule has 2 heterocycles. The third-order valence-electron chi connectivity index (χ3n) is 5.08.